The molecular weight excluding hydrogens is 605 g/mol. The smallest absolute Gasteiger partial charge is 0.223 e. The van der Waals surface area contributed by atoms with Crippen molar-refractivity contribution in [2.75, 3.05) is 62.2 Å². The molecule has 2 amide bonds. The van der Waals surface area contributed by atoms with Crippen LogP contribution in [0.5, 0.6) is 0 Å². The molecule has 6 rings (SSSR count). The van der Waals surface area contributed by atoms with Gasteiger partial charge in [-0.1, -0.05) is 0 Å². The van der Waals surface area contributed by atoms with Crippen molar-refractivity contribution in [1.82, 2.24) is 19.8 Å². The van der Waals surface area contributed by atoms with E-state index >= 15 is 0 Å². The first-order chi connectivity index (χ1) is 20.4. The largest absolute Gasteiger partial charge is 0.345 e. The average molecular weight is 643 g/mol. The van der Waals surface area contributed by atoms with Crippen LogP contribution in [0.2, 0.25) is 0 Å². The minimum atomic E-state index is 0.278. The molecule has 0 atom stereocenters. The molecule has 2 fully saturated rings. The maximum absolute atomic E-state index is 12.3. The van der Waals surface area contributed by atoms with Gasteiger partial charge < -0.3 is 19.6 Å². The van der Waals surface area contributed by atoms with E-state index in [2.05, 4.69) is 56.5 Å². The number of piperazine rings is 2. The fourth-order valence-electron chi connectivity index (χ4n) is 5.06. The molecule has 4 aromatic heterocycles. The highest BCUT2D eigenvalue weighted by atomic mass is 32.1. The summed E-state index contributed by atoms with van der Waals surface area (Å²) in [5, 5.41) is 10.4. The van der Waals surface area contributed by atoms with Crippen LogP contribution in [0, 0.1) is 13.8 Å². The molecule has 2 aliphatic rings. The molecule has 0 radical (unpaired) electrons. The summed E-state index contributed by atoms with van der Waals surface area (Å²) >= 11 is 6.83. The third kappa shape index (κ3) is 8.62. The zero-order valence-electron chi connectivity index (χ0n) is 24.2. The molecule has 12 heteroatoms. The van der Waals surface area contributed by atoms with Crippen LogP contribution >= 0.6 is 45.3 Å². The highest BCUT2D eigenvalue weighted by molar-refractivity contribution is 7.14. The van der Waals surface area contributed by atoms with Crippen molar-refractivity contribution in [3.8, 4) is 0 Å². The topological polar surface area (TPSA) is 72.9 Å². The molecule has 0 aromatic carbocycles. The minimum Gasteiger partial charge on any atom is -0.345 e. The Morgan fingerprint density at radius 1 is 0.643 bits per heavy atom. The molecular formula is C30H38N6O2S4. The van der Waals surface area contributed by atoms with Crippen LogP contribution < -0.4 is 9.80 Å². The number of nitrogens with zero attached hydrogens (tertiary/aromatic N) is 6. The van der Waals surface area contributed by atoms with Crippen LogP contribution in [0.4, 0.5) is 10.3 Å². The van der Waals surface area contributed by atoms with E-state index in [1.54, 1.807) is 45.3 Å². The lowest BCUT2D eigenvalue weighted by atomic mass is 10.2. The lowest BCUT2D eigenvalue weighted by Crippen LogP contribution is -2.48. The second kappa shape index (κ2) is 15.1. The molecule has 2 saturated heterocycles. The van der Waals surface area contributed by atoms with Gasteiger partial charge in [-0.25, -0.2) is 9.97 Å². The number of carbonyl (C=O) groups is 2. The van der Waals surface area contributed by atoms with Crippen molar-refractivity contribution in [3.63, 3.8) is 0 Å². The predicted octanol–water partition coefficient (Wildman–Crippen LogP) is 5.59. The zero-order valence-corrected chi connectivity index (χ0v) is 27.5. The molecule has 224 valence electrons. The molecule has 6 heterocycles. The van der Waals surface area contributed by atoms with Gasteiger partial charge in [-0.05, 0) is 60.7 Å². The Kier molecular flexibility index (Phi) is 11.0. The molecule has 2 aliphatic heterocycles. The van der Waals surface area contributed by atoms with Crippen LogP contribution in [-0.4, -0.2) is 83.9 Å². The second-order valence-corrected chi connectivity index (χ2v) is 14.3. The summed E-state index contributed by atoms with van der Waals surface area (Å²) in [4.78, 5) is 44.3. The first-order valence-electron chi connectivity index (χ1n) is 14.4. The number of carbonyl (C=O) groups excluding carboxylic acids is 2. The zero-order chi connectivity index (χ0) is 29.3. The first kappa shape index (κ1) is 30.7. The fourth-order valence-corrected chi connectivity index (χ4v) is 8.21. The van der Waals surface area contributed by atoms with Gasteiger partial charge >= 0.3 is 0 Å². The summed E-state index contributed by atoms with van der Waals surface area (Å²) in [6, 6.07) is 4.36. The summed E-state index contributed by atoms with van der Waals surface area (Å²) in [6.45, 7) is 11.0. The Bertz CT molecular complexity index is 1280. The fraction of sp³-hybridized carbons (Fsp3) is 0.467. The number of amides is 2. The summed E-state index contributed by atoms with van der Waals surface area (Å²) in [7, 11) is 0. The van der Waals surface area contributed by atoms with Gasteiger partial charge in [-0.2, -0.15) is 0 Å². The van der Waals surface area contributed by atoms with Crippen LogP contribution in [0.15, 0.2) is 46.0 Å². The highest BCUT2D eigenvalue weighted by Crippen LogP contribution is 2.22. The van der Waals surface area contributed by atoms with Gasteiger partial charge in [0.25, 0.3) is 0 Å². The third-order valence-corrected chi connectivity index (χ3v) is 11.3. The summed E-state index contributed by atoms with van der Waals surface area (Å²) in [5.74, 6) is 0.555. The lowest BCUT2D eigenvalue weighted by Gasteiger charge is -2.34. The van der Waals surface area contributed by atoms with E-state index in [1.165, 1.54) is 20.9 Å². The number of rotatable bonds is 8. The average Bonchev–Trinajstić information content (AvgIpc) is 3.84. The van der Waals surface area contributed by atoms with E-state index < -0.39 is 0 Å². The molecule has 0 saturated carbocycles. The number of hydrogen-bond donors (Lipinski definition) is 0. The van der Waals surface area contributed by atoms with Crippen molar-refractivity contribution in [3.05, 3.63) is 66.9 Å². The molecule has 0 bridgehead atoms. The maximum Gasteiger partial charge on any atom is 0.223 e. The molecule has 0 unspecified atom stereocenters. The maximum atomic E-state index is 12.3. The van der Waals surface area contributed by atoms with E-state index in [1.807, 2.05) is 33.0 Å². The molecule has 42 heavy (non-hydrogen) atoms. The van der Waals surface area contributed by atoms with Crippen LogP contribution in [-0.2, 0) is 22.4 Å². The van der Waals surface area contributed by atoms with Crippen molar-refractivity contribution < 1.29 is 9.59 Å². The normalized spacial score (nSPS) is 15.5. The van der Waals surface area contributed by atoms with Crippen LogP contribution in [0.25, 0.3) is 0 Å². The summed E-state index contributed by atoms with van der Waals surface area (Å²) in [6.07, 6.45) is 6.64. The van der Waals surface area contributed by atoms with Gasteiger partial charge in [0.15, 0.2) is 10.3 Å². The van der Waals surface area contributed by atoms with Gasteiger partial charge in [0, 0.05) is 98.1 Å². The molecule has 0 aliphatic carbocycles. The van der Waals surface area contributed by atoms with Gasteiger partial charge in [0.1, 0.15) is 0 Å². The Balaban J connectivity index is 0.000000168. The SMILES string of the molecule is Cc1csc(CCC(=O)N2CCN(c3nccs3)CC2)c1.Cc1csc(CCC(=O)N2CCN(c3nccs3)CC2)c1. The van der Waals surface area contributed by atoms with Gasteiger partial charge in [0.2, 0.25) is 11.8 Å². The molecule has 0 N–H and O–H groups in total. The number of anilines is 2. The van der Waals surface area contributed by atoms with E-state index in [-0.39, 0.29) is 11.8 Å². The Labute approximate surface area is 264 Å². The third-order valence-electron chi connectivity index (χ3n) is 7.38. The van der Waals surface area contributed by atoms with E-state index in [4.69, 9.17) is 0 Å². The number of hydrogen-bond acceptors (Lipinski definition) is 10. The van der Waals surface area contributed by atoms with E-state index in [0.29, 0.717) is 12.8 Å². The highest BCUT2D eigenvalue weighted by Gasteiger charge is 2.23. The molecule has 4 aromatic rings. The van der Waals surface area contributed by atoms with Gasteiger partial charge in [0.05, 0.1) is 0 Å². The van der Waals surface area contributed by atoms with Crippen molar-refractivity contribution in [1.29, 1.82) is 0 Å². The standard InChI is InChI=1S/2C15H19N3OS2/c2*1-12-10-13(21-11-12)2-3-14(19)17-5-7-18(8-6-17)15-16-4-9-20-15/h2*4,9-11H,2-3,5-8H2,1H3. The van der Waals surface area contributed by atoms with Gasteiger partial charge in [-0.15, -0.1) is 45.3 Å². The van der Waals surface area contributed by atoms with Gasteiger partial charge in [-0.3, -0.25) is 9.59 Å². The Morgan fingerprint density at radius 2 is 1.05 bits per heavy atom. The van der Waals surface area contributed by atoms with Crippen LogP contribution in [0.1, 0.15) is 33.7 Å². The predicted molar refractivity (Wildman–Crippen MR) is 177 cm³/mol. The van der Waals surface area contributed by atoms with E-state index in [0.717, 1.165) is 75.5 Å². The number of thiophene rings is 2. The minimum absolute atomic E-state index is 0.278. The molecule has 8 nitrogen and oxygen atoms in total. The van der Waals surface area contributed by atoms with E-state index in [9.17, 15) is 9.59 Å². The summed E-state index contributed by atoms with van der Waals surface area (Å²) in [5.41, 5.74) is 2.58. The monoisotopic (exact) mass is 642 g/mol. The molecule has 0 spiro atoms. The first-order valence-corrected chi connectivity index (χ1v) is 17.9. The number of aromatic nitrogens is 2. The quantitative estimate of drug-likeness (QED) is 0.250. The number of thiazole rings is 2. The lowest BCUT2D eigenvalue weighted by molar-refractivity contribution is -0.132. The van der Waals surface area contributed by atoms with Crippen molar-refractivity contribution in [2.24, 2.45) is 0 Å². The number of aryl methyl sites for hydroxylation is 4. The Morgan fingerprint density at radius 3 is 1.36 bits per heavy atom. The second-order valence-electron chi connectivity index (χ2n) is 10.5. The van der Waals surface area contributed by atoms with Crippen molar-refractivity contribution in [2.45, 2.75) is 39.5 Å². The Hall–Kier alpha value is -2.80. The van der Waals surface area contributed by atoms with Crippen molar-refractivity contribution >= 4 is 67.4 Å². The summed E-state index contributed by atoms with van der Waals surface area (Å²) < 4.78 is 0. The van der Waals surface area contributed by atoms with Crippen LogP contribution in [0.3, 0.4) is 0 Å².